The smallest absolute Gasteiger partial charge is 0.143 e. The quantitative estimate of drug-likeness (QED) is 0.155. The van der Waals surface area contributed by atoms with Gasteiger partial charge in [-0.25, -0.2) is 9.97 Å². The molecule has 3 nitrogen and oxygen atoms in total. The van der Waals surface area contributed by atoms with E-state index in [9.17, 15) is 0 Å². The Labute approximate surface area is 224 Å². The molecule has 0 aliphatic rings. The van der Waals surface area contributed by atoms with Crippen LogP contribution in [0, 0.1) is 0 Å². The zero-order chi connectivity index (χ0) is 25.7. The van der Waals surface area contributed by atoms with Gasteiger partial charge in [-0.2, -0.15) is 0 Å². The lowest BCUT2D eigenvalue weighted by atomic mass is 10.0. The lowest BCUT2D eigenvalue weighted by Gasteiger charge is -2.17. The average Bonchev–Trinajstić information content (AvgIpc) is 2.93. The summed E-state index contributed by atoms with van der Waals surface area (Å²) in [6, 6.07) is 27.9. The molecule has 3 aromatic carbocycles. The Hall–Kier alpha value is -3.04. The fraction of sp³-hybridized carbons (Fsp3) is 0.412. The van der Waals surface area contributed by atoms with Gasteiger partial charge in [-0.15, -0.1) is 0 Å². The first kappa shape index (κ1) is 27.0. The second kappa shape index (κ2) is 14.6. The van der Waals surface area contributed by atoms with Crippen LogP contribution in [0.1, 0.15) is 81.8 Å². The Bertz CT molecular complexity index is 1200. The molecule has 0 spiro atoms. The van der Waals surface area contributed by atoms with Crippen molar-refractivity contribution in [1.29, 1.82) is 0 Å². The minimum atomic E-state index is 0.746. The Morgan fingerprint density at radius 3 is 1.95 bits per heavy atom. The number of nitrogens with zero attached hydrogens (tertiary/aromatic N) is 3. The van der Waals surface area contributed by atoms with Gasteiger partial charge in [0.2, 0.25) is 0 Å². The zero-order valence-electron chi connectivity index (χ0n) is 22.8. The van der Waals surface area contributed by atoms with Crippen LogP contribution in [-0.4, -0.2) is 21.9 Å². The van der Waals surface area contributed by atoms with Crippen molar-refractivity contribution in [2.45, 2.75) is 84.2 Å². The van der Waals surface area contributed by atoms with Crippen LogP contribution < -0.4 is 0 Å². The van der Waals surface area contributed by atoms with E-state index in [1.54, 1.807) is 0 Å². The Morgan fingerprint density at radius 2 is 1.22 bits per heavy atom. The van der Waals surface area contributed by atoms with E-state index in [-0.39, 0.29) is 0 Å². The molecule has 0 fully saturated rings. The predicted octanol–water partition coefficient (Wildman–Crippen LogP) is 9.00. The number of hydrogen-bond donors (Lipinski definition) is 0. The standard InChI is InChI=1S/C34H43N3/c1-3-4-5-6-7-8-9-10-14-20-32-31-19-15-16-21-33(31)36-34(35-32)27-37(2)26-28-22-24-30(25-23-28)29-17-12-11-13-18-29/h11-13,15-19,21-25H,3-10,14,20,26-27H2,1-2H3. The van der Waals surface area contributed by atoms with E-state index in [4.69, 9.17) is 9.97 Å². The number of hydrogen-bond acceptors (Lipinski definition) is 3. The van der Waals surface area contributed by atoms with Crippen LogP contribution >= 0.6 is 0 Å². The fourth-order valence-electron chi connectivity index (χ4n) is 5.10. The third kappa shape index (κ3) is 8.50. The van der Waals surface area contributed by atoms with E-state index in [1.807, 2.05) is 0 Å². The number of rotatable bonds is 15. The molecular formula is C34H43N3. The van der Waals surface area contributed by atoms with Crippen molar-refractivity contribution < 1.29 is 0 Å². The largest absolute Gasteiger partial charge is 0.295 e. The van der Waals surface area contributed by atoms with E-state index < -0.39 is 0 Å². The van der Waals surface area contributed by atoms with E-state index in [0.29, 0.717) is 0 Å². The summed E-state index contributed by atoms with van der Waals surface area (Å²) < 4.78 is 0. The molecule has 1 aromatic heterocycles. The molecule has 3 heteroatoms. The highest BCUT2D eigenvalue weighted by atomic mass is 15.1. The van der Waals surface area contributed by atoms with Gasteiger partial charge < -0.3 is 0 Å². The van der Waals surface area contributed by atoms with Crippen molar-refractivity contribution >= 4 is 10.9 Å². The summed E-state index contributed by atoms with van der Waals surface area (Å²) in [7, 11) is 2.16. The average molecular weight is 494 g/mol. The number of aryl methyl sites for hydroxylation is 1. The van der Waals surface area contributed by atoms with E-state index >= 15 is 0 Å². The SMILES string of the molecule is CCCCCCCCCCCc1nc(CN(C)Cc2ccc(-c3ccccc3)cc2)nc2ccccc12. The van der Waals surface area contributed by atoms with Crippen molar-refractivity contribution in [3.63, 3.8) is 0 Å². The highest BCUT2D eigenvalue weighted by Crippen LogP contribution is 2.21. The summed E-state index contributed by atoms with van der Waals surface area (Å²) in [6.07, 6.45) is 13.2. The minimum Gasteiger partial charge on any atom is -0.295 e. The first-order valence-corrected chi connectivity index (χ1v) is 14.3. The number of aromatic nitrogens is 2. The highest BCUT2D eigenvalue weighted by molar-refractivity contribution is 5.80. The molecule has 0 unspecified atom stereocenters. The van der Waals surface area contributed by atoms with Crippen LogP contribution in [0.3, 0.4) is 0 Å². The second-order valence-corrected chi connectivity index (χ2v) is 10.4. The second-order valence-electron chi connectivity index (χ2n) is 10.4. The molecule has 0 radical (unpaired) electrons. The molecule has 0 aliphatic heterocycles. The molecule has 0 aliphatic carbocycles. The Morgan fingerprint density at radius 1 is 0.595 bits per heavy atom. The van der Waals surface area contributed by atoms with Gasteiger partial charge in [0.15, 0.2) is 0 Å². The molecule has 0 saturated carbocycles. The van der Waals surface area contributed by atoms with Crippen molar-refractivity contribution in [1.82, 2.24) is 14.9 Å². The van der Waals surface area contributed by atoms with Crippen LogP contribution in [-0.2, 0) is 19.5 Å². The van der Waals surface area contributed by atoms with E-state index in [0.717, 1.165) is 30.9 Å². The van der Waals surface area contributed by atoms with Crippen molar-refractivity contribution in [2.24, 2.45) is 0 Å². The van der Waals surface area contributed by atoms with Crippen molar-refractivity contribution in [3.05, 3.63) is 95.9 Å². The molecule has 0 N–H and O–H groups in total. The number of unbranched alkanes of at least 4 members (excludes halogenated alkanes) is 8. The van der Waals surface area contributed by atoms with Gasteiger partial charge in [0.1, 0.15) is 5.82 Å². The van der Waals surface area contributed by atoms with Gasteiger partial charge in [0.25, 0.3) is 0 Å². The zero-order valence-corrected chi connectivity index (χ0v) is 22.8. The summed E-state index contributed by atoms with van der Waals surface area (Å²) in [4.78, 5) is 12.3. The fourth-order valence-corrected chi connectivity index (χ4v) is 5.10. The van der Waals surface area contributed by atoms with Crippen LogP contribution in [0.25, 0.3) is 22.0 Å². The molecule has 4 aromatic rings. The maximum Gasteiger partial charge on any atom is 0.143 e. The molecule has 0 amide bonds. The van der Waals surface area contributed by atoms with Crippen LogP contribution in [0.4, 0.5) is 0 Å². The molecule has 0 saturated heterocycles. The molecule has 194 valence electrons. The highest BCUT2D eigenvalue weighted by Gasteiger charge is 2.10. The van der Waals surface area contributed by atoms with Crippen LogP contribution in [0.15, 0.2) is 78.9 Å². The maximum absolute atomic E-state index is 5.05. The molecule has 0 bridgehead atoms. The van der Waals surface area contributed by atoms with Crippen LogP contribution in [0.2, 0.25) is 0 Å². The van der Waals surface area contributed by atoms with Gasteiger partial charge in [0.05, 0.1) is 17.8 Å². The van der Waals surface area contributed by atoms with Crippen molar-refractivity contribution in [2.75, 3.05) is 7.05 Å². The third-order valence-corrected chi connectivity index (χ3v) is 7.17. The summed E-state index contributed by atoms with van der Waals surface area (Å²) >= 11 is 0. The Balaban J connectivity index is 1.32. The lowest BCUT2D eigenvalue weighted by molar-refractivity contribution is 0.310. The summed E-state index contributed by atoms with van der Waals surface area (Å²) in [5.74, 6) is 0.924. The van der Waals surface area contributed by atoms with Gasteiger partial charge >= 0.3 is 0 Å². The lowest BCUT2D eigenvalue weighted by Crippen LogP contribution is -2.19. The summed E-state index contributed by atoms with van der Waals surface area (Å²) in [6.45, 7) is 3.90. The van der Waals surface area contributed by atoms with Gasteiger partial charge in [-0.3, -0.25) is 4.90 Å². The first-order chi connectivity index (χ1) is 18.2. The molecule has 4 rings (SSSR count). The van der Waals surface area contributed by atoms with E-state index in [1.165, 1.54) is 85.6 Å². The van der Waals surface area contributed by atoms with E-state index in [2.05, 4.69) is 97.7 Å². The number of benzene rings is 3. The normalized spacial score (nSPS) is 11.4. The molecular weight excluding hydrogens is 450 g/mol. The molecule has 0 atom stereocenters. The van der Waals surface area contributed by atoms with Gasteiger partial charge in [0, 0.05) is 11.9 Å². The maximum atomic E-state index is 5.05. The minimum absolute atomic E-state index is 0.746. The predicted molar refractivity (Wildman–Crippen MR) is 158 cm³/mol. The first-order valence-electron chi connectivity index (χ1n) is 14.3. The summed E-state index contributed by atoms with van der Waals surface area (Å²) in [5.41, 5.74) is 6.10. The van der Waals surface area contributed by atoms with Crippen LogP contribution in [0.5, 0.6) is 0 Å². The monoisotopic (exact) mass is 493 g/mol. The molecule has 1 heterocycles. The Kier molecular flexibility index (Phi) is 10.7. The van der Waals surface area contributed by atoms with Crippen molar-refractivity contribution in [3.8, 4) is 11.1 Å². The number of para-hydroxylation sites is 1. The van der Waals surface area contributed by atoms with Gasteiger partial charge in [-0.05, 0) is 42.6 Å². The molecule has 37 heavy (non-hydrogen) atoms. The van der Waals surface area contributed by atoms with Gasteiger partial charge in [-0.1, -0.05) is 131 Å². The topological polar surface area (TPSA) is 29.0 Å². The number of fused-ring (bicyclic) bond motifs is 1. The third-order valence-electron chi connectivity index (χ3n) is 7.17. The summed E-state index contributed by atoms with van der Waals surface area (Å²) in [5, 5.41) is 1.21.